The van der Waals surface area contributed by atoms with Gasteiger partial charge in [-0.05, 0) is 38.0 Å². The van der Waals surface area contributed by atoms with Gasteiger partial charge < -0.3 is 19.9 Å². The molecule has 8 heteroatoms. The Hall–Kier alpha value is -2.74. The van der Waals surface area contributed by atoms with Crippen molar-refractivity contribution in [1.82, 2.24) is 5.32 Å². The maximum Gasteiger partial charge on any atom is 0.573 e. The number of ether oxygens (including phenoxy) is 2. The SMILES string of the molecule is CC(C)(C)OC(=O)N[C@@H](CO)c1ccc(-c2ccccc2OC(F)(F)F)cc1. The minimum atomic E-state index is -4.80. The number of alkyl halides is 3. The first-order chi connectivity index (χ1) is 13.0. The van der Waals surface area contributed by atoms with Gasteiger partial charge >= 0.3 is 12.5 Å². The lowest BCUT2D eigenvalue weighted by molar-refractivity contribution is -0.274. The molecule has 152 valence electrons. The number of carbonyl (C=O) groups is 1. The van der Waals surface area contributed by atoms with E-state index in [9.17, 15) is 23.1 Å². The number of rotatable bonds is 5. The number of para-hydroxylation sites is 1. The molecule has 1 atom stereocenters. The van der Waals surface area contributed by atoms with E-state index in [1.54, 1.807) is 51.1 Å². The van der Waals surface area contributed by atoms with Crippen molar-refractivity contribution in [3.63, 3.8) is 0 Å². The van der Waals surface area contributed by atoms with Crippen molar-refractivity contribution in [3.8, 4) is 16.9 Å². The number of aliphatic hydroxyl groups excluding tert-OH is 1. The molecule has 5 nitrogen and oxygen atoms in total. The van der Waals surface area contributed by atoms with Gasteiger partial charge in [0, 0.05) is 5.56 Å². The van der Waals surface area contributed by atoms with Crippen LogP contribution in [0.2, 0.25) is 0 Å². The molecule has 2 aromatic carbocycles. The molecule has 2 aromatic rings. The number of nitrogens with one attached hydrogen (secondary N) is 1. The van der Waals surface area contributed by atoms with Crippen LogP contribution in [0.1, 0.15) is 32.4 Å². The van der Waals surface area contributed by atoms with Crippen molar-refractivity contribution in [2.24, 2.45) is 0 Å². The number of halogens is 3. The fourth-order valence-corrected chi connectivity index (χ4v) is 2.50. The van der Waals surface area contributed by atoms with Gasteiger partial charge in [0.05, 0.1) is 12.6 Å². The van der Waals surface area contributed by atoms with Gasteiger partial charge in [-0.25, -0.2) is 4.79 Å². The van der Waals surface area contributed by atoms with Gasteiger partial charge in [-0.15, -0.1) is 13.2 Å². The lowest BCUT2D eigenvalue weighted by Gasteiger charge is -2.23. The number of alkyl carbamates (subject to hydrolysis) is 1. The molecule has 0 aliphatic rings. The fourth-order valence-electron chi connectivity index (χ4n) is 2.50. The Morgan fingerprint density at radius 3 is 2.21 bits per heavy atom. The molecule has 0 unspecified atom stereocenters. The van der Waals surface area contributed by atoms with E-state index in [1.807, 2.05) is 0 Å². The number of carbonyl (C=O) groups excluding carboxylic acids is 1. The largest absolute Gasteiger partial charge is 0.573 e. The average Bonchev–Trinajstić information content (AvgIpc) is 2.57. The lowest BCUT2D eigenvalue weighted by Crippen LogP contribution is -2.36. The molecule has 0 aromatic heterocycles. The molecule has 2 rings (SSSR count). The first-order valence-electron chi connectivity index (χ1n) is 8.54. The molecule has 28 heavy (non-hydrogen) atoms. The predicted molar refractivity (Wildman–Crippen MR) is 97.8 cm³/mol. The predicted octanol–water partition coefficient (Wildman–Crippen LogP) is 4.81. The summed E-state index contributed by atoms with van der Waals surface area (Å²) in [4.78, 5) is 11.9. The van der Waals surface area contributed by atoms with Crippen LogP contribution >= 0.6 is 0 Å². The van der Waals surface area contributed by atoms with Crippen LogP contribution in [-0.4, -0.2) is 29.8 Å². The standard InChI is InChI=1S/C20H22F3NO4/c1-19(2,3)28-18(26)24-16(12-25)14-10-8-13(9-11-14)15-6-4-5-7-17(15)27-20(21,22)23/h4-11,16,25H,12H2,1-3H3,(H,24,26)/t16-/m0/s1. The Balaban J connectivity index is 2.20. The van der Waals surface area contributed by atoms with Crippen LogP contribution in [-0.2, 0) is 4.74 Å². The molecule has 0 bridgehead atoms. The van der Waals surface area contributed by atoms with Crippen LogP contribution in [0, 0.1) is 0 Å². The summed E-state index contributed by atoms with van der Waals surface area (Å²) in [5, 5.41) is 12.1. The average molecular weight is 397 g/mol. The van der Waals surface area contributed by atoms with E-state index in [0.717, 1.165) is 0 Å². The van der Waals surface area contributed by atoms with Gasteiger partial charge in [-0.1, -0.05) is 42.5 Å². The molecule has 0 heterocycles. The highest BCUT2D eigenvalue weighted by atomic mass is 19.4. The van der Waals surface area contributed by atoms with Crippen molar-refractivity contribution in [1.29, 1.82) is 0 Å². The van der Waals surface area contributed by atoms with Crippen LogP contribution in [0.3, 0.4) is 0 Å². The number of aliphatic hydroxyl groups is 1. The maximum absolute atomic E-state index is 12.6. The minimum Gasteiger partial charge on any atom is -0.444 e. The normalized spacial score (nSPS) is 13.0. The van der Waals surface area contributed by atoms with Crippen LogP contribution in [0.15, 0.2) is 48.5 Å². The number of amides is 1. The van der Waals surface area contributed by atoms with Gasteiger partial charge in [-0.2, -0.15) is 0 Å². The third-order valence-corrected chi connectivity index (χ3v) is 3.61. The van der Waals surface area contributed by atoms with E-state index in [1.165, 1.54) is 18.2 Å². The Morgan fingerprint density at radius 2 is 1.68 bits per heavy atom. The summed E-state index contributed by atoms with van der Waals surface area (Å²) in [7, 11) is 0. The third kappa shape index (κ3) is 6.45. The van der Waals surface area contributed by atoms with E-state index in [2.05, 4.69) is 10.1 Å². The quantitative estimate of drug-likeness (QED) is 0.760. The summed E-state index contributed by atoms with van der Waals surface area (Å²) >= 11 is 0. The second-order valence-corrected chi connectivity index (χ2v) is 7.05. The van der Waals surface area contributed by atoms with Crippen molar-refractivity contribution < 1.29 is 32.5 Å². The summed E-state index contributed by atoms with van der Waals surface area (Å²) < 4.78 is 47.0. The van der Waals surface area contributed by atoms with Crippen molar-refractivity contribution in [3.05, 3.63) is 54.1 Å². The zero-order valence-corrected chi connectivity index (χ0v) is 15.7. The van der Waals surface area contributed by atoms with E-state index >= 15 is 0 Å². The third-order valence-electron chi connectivity index (χ3n) is 3.61. The molecule has 2 N–H and O–H groups in total. The molecule has 0 spiro atoms. The Bertz CT molecular complexity index is 798. The van der Waals surface area contributed by atoms with Gasteiger partial charge in [0.15, 0.2) is 0 Å². The van der Waals surface area contributed by atoms with Crippen LogP contribution in [0.25, 0.3) is 11.1 Å². The van der Waals surface area contributed by atoms with Crippen molar-refractivity contribution in [2.75, 3.05) is 6.61 Å². The minimum absolute atomic E-state index is 0.270. The first-order valence-corrected chi connectivity index (χ1v) is 8.54. The molecule has 0 saturated heterocycles. The number of benzene rings is 2. The molecule has 0 radical (unpaired) electrons. The molecular formula is C20H22F3NO4. The highest BCUT2D eigenvalue weighted by Gasteiger charge is 2.32. The Labute approximate surface area is 161 Å². The van der Waals surface area contributed by atoms with Crippen LogP contribution in [0.4, 0.5) is 18.0 Å². The molecule has 0 saturated carbocycles. The zero-order valence-electron chi connectivity index (χ0n) is 15.7. The van der Waals surface area contributed by atoms with Gasteiger partial charge in [0.25, 0.3) is 0 Å². The Kier molecular flexibility index (Phi) is 6.56. The van der Waals surface area contributed by atoms with E-state index in [4.69, 9.17) is 4.74 Å². The molecule has 0 aliphatic heterocycles. The number of hydrogen-bond donors (Lipinski definition) is 2. The van der Waals surface area contributed by atoms with Gasteiger partial charge in [0.2, 0.25) is 0 Å². The number of hydrogen-bond acceptors (Lipinski definition) is 4. The van der Waals surface area contributed by atoms with Crippen LogP contribution < -0.4 is 10.1 Å². The van der Waals surface area contributed by atoms with E-state index in [-0.39, 0.29) is 17.9 Å². The van der Waals surface area contributed by atoms with Crippen molar-refractivity contribution in [2.45, 2.75) is 38.8 Å². The van der Waals surface area contributed by atoms with Crippen molar-refractivity contribution >= 4 is 6.09 Å². The molecule has 1 amide bonds. The second kappa shape index (κ2) is 8.52. The smallest absolute Gasteiger partial charge is 0.444 e. The van der Waals surface area contributed by atoms with Gasteiger partial charge in [-0.3, -0.25) is 0 Å². The zero-order chi connectivity index (χ0) is 20.9. The highest BCUT2D eigenvalue weighted by Crippen LogP contribution is 2.34. The summed E-state index contributed by atoms with van der Waals surface area (Å²) in [6, 6.07) is 11.5. The summed E-state index contributed by atoms with van der Waals surface area (Å²) in [5.74, 6) is -0.312. The maximum atomic E-state index is 12.6. The van der Waals surface area contributed by atoms with Crippen LogP contribution in [0.5, 0.6) is 5.75 Å². The van der Waals surface area contributed by atoms with E-state index in [0.29, 0.717) is 11.1 Å². The first kappa shape index (κ1) is 21.6. The fraction of sp³-hybridized carbons (Fsp3) is 0.350. The topological polar surface area (TPSA) is 67.8 Å². The summed E-state index contributed by atoms with van der Waals surface area (Å²) in [6.45, 7) is 4.79. The Morgan fingerprint density at radius 1 is 1.07 bits per heavy atom. The molecule has 0 fully saturated rings. The molecular weight excluding hydrogens is 375 g/mol. The van der Waals surface area contributed by atoms with Gasteiger partial charge in [0.1, 0.15) is 11.4 Å². The second-order valence-electron chi connectivity index (χ2n) is 7.05. The summed E-state index contributed by atoms with van der Waals surface area (Å²) in [5.41, 5.74) is 0.659. The monoisotopic (exact) mass is 397 g/mol. The molecule has 0 aliphatic carbocycles. The summed E-state index contributed by atoms with van der Waals surface area (Å²) in [6.07, 6.45) is -5.48. The van der Waals surface area contributed by atoms with E-state index < -0.39 is 24.1 Å². The lowest BCUT2D eigenvalue weighted by atomic mass is 10.0. The highest BCUT2D eigenvalue weighted by molar-refractivity contribution is 5.71.